The van der Waals surface area contributed by atoms with E-state index >= 15 is 0 Å². The lowest BCUT2D eigenvalue weighted by Crippen LogP contribution is -2.30. The van der Waals surface area contributed by atoms with Crippen molar-refractivity contribution in [1.82, 2.24) is 10.2 Å². The van der Waals surface area contributed by atoms with Crippen LogP contribution in [0.25, 0.3) is 0 Å². The number of carbonyl (C=O) groups is 2. The Morgan fingerprint density at radius 2 is 2.09 bits per heavy atom. The highest BCUT2D eigenvalue weighted by Gasteiger charge is 2.20. The molecule has 0 bridgehead atoms. The first-order valence-electron chi connectivity index (χ1n) is 7.66. The standard InChI is InChI=1S/C17H23N3O3/c1-5-8-18-16(21)13-9-12-6-7-14(23-17(22)19(2)3)10-15(12)20(4)11-13/h6-7,10-11H,5,8-9H2,1-4H3,(H,18,21). The Morgan fingerprint density at radius 3 is 2.74 bits per heavy atom. The molecule has 6 heteroatoms. The Hall–Kier alpha value is -2.50. The molecule has 0 atom stereocenters. The maximum atomic E-state index is 12.1. The van der Waals surface area contributed by atoms with Crippen LogP contribution >= 0.6 is 0 Å². The average molecular weight is 317 g/mol. The van der Waals surface area contributed by atoms with Crippen LogP contribution in [0.15, 0.2) is 30.0 Å². The van der Waals surface area contributed by atoms with Gasteiger partial charge in [0, 0.05) is 57.6 Å². The Morgan fingerprint density at radius 1 is 1.35 bits per heavy atom. The van der Waals surface area contributed by atoms with E-state index in [4.69, 9.17) is 4.74 Å². The van der Waals surface area contributed by atoms with Crippen LogP contribution in [0.1, 0.15) is 18.9 Å². The fourth-order valence-corrected chi connectivity index (χ4v) is 2.32. The summed E-state index contributed by atoms with van der Waals surface area (Å²) in [4.78, 5) is 27.0. The van der Waals surface area contributed by atoms with Gasteiger partial charge in [-0.1, -0.05) is 13.0 Å². The molecule has 0 saturated heterocycles. The van der Waals surface area contributed by atoms with Gasteiger partial charge in [-0.05, 0) is 18.1 Å². The van der Waals surface area contributed by atoms with E-state index in [0.29, 0.717) is 18.7 Å². The van der Waals surface area contributed by atoms with Crippen LogP contribution < -0.4 is 15.0 Å². The van der Waals surface area contributed by atoms with Gasteiger partial charge < -0.3 is 19.9 Å². The molecule has 0 spiro atoms. The summed E-state index contributed by atoms with van der Waals surface area (Å²) in [5.74, 6) is 0.453. The minimum Gasteiger partial charge on any atom is -0.410 e. The number of fused-ring (bicyclic) bond motifs is 1. The molecule has 1 aromatic carbocycles. The van der Waals surface area contributed by atoms with Gasteiger partial charge >= 0.3 is 6.09 Å². The van der Waals surface area contributed by atoms with Gasteiger partial charge in [-0.15, -0.1) is 0 Å². The molecule has 1 N–H and O–H groups in total. The van der Waals surface area contributed by atoms with Gasteiger partial charge in [0.25, 0.3) is 0 Å². The number of anilines is 1. The second-order valence-electron chi connectivity index (χ2n) is 5.75. The van der Waals surface area contributed by atoms with E-state index < -0.39 is 6.09 Å². The van der Waals surface area contributed by atoms with E-state index in [9.17, 15) is 9.59 Å². The van der Waals surface area contributed by atoms with Crippen molar-refractivity contribution < 1.29 is 14.3 Å². The highest BCUT2D eigenvalue weighted by atomic mass is 16.6. The molecular formula is C17H23N3O3. The number of amides is 2. The molecule has 0 saturated carbocycles. The van der Waals surface area contributed by atoms with Crippen LogP contribution in [0.3, 0.4) is 0 Å². The molecule has 23 heavy (non-hydrogen) atoms. The first-order chi connectivity index (χ1) is 10.9. The monoisotopic (exact) mass is 317 g/mol. The van der Waals surface area contributed by atoms with Crippen molar-refractivity contribution in [3.63, 3.8) is 0 Å². The Bertz CT molecular complexity index is 638. The molecule has 1 aromatic rings. The van der Waals surface area contributed by atoms with Gasteiger partial charge in [-0.25, -0.2) is 4.79 Å². The third-order valence-electron chi connectivity index (χ3n) is 3.56. The van der Waals surface area contributed by atoms with Gasteiger partial charge in [-0.2, -0.15) is 0 Å². The van der Waals surface area contributed by atoms with Gasteiger partial charge in [0.1, 0.15) is 5.75 Å². The van der Waals surface area contributed by atoms with E-state index in [2.05, 4.69) is 5.32 Å². The zero-order chi connectivity index (χ0) is 17.0. The summed E-state index contributed by atoms with van der Waals surface area (Å²) >= 11 is 0. The van der Waals surface area contributed by atoms with E-state index in [1.54, 1.807) is 20.2 Å². The minimum atomic E-state index is -0.418. The van der Waals surface area contributed by atoms with Crippen molar-refractivity contribution in [1.29, 1.82) is 0 Å². The maximum absolute atomic E-state index is 12.1. The van der Waals surface area contributed by atoms with Crippen LogP contribution in [-0.4, -0.2) is 44.6 Å². The second-order valence-corrected chi connectivity index (χ2v) is 5.75. The molecule has 2 rings (SSSR count). The lowest BCUT2D eigenvalue weighted by Gasteiger charge is -2.26. The Labute approximate surface area is 136 Å². The number of benzene rings is 1. The summed E-state index contributed by atoms with van der Waals surface area (Å²) in [6, 6.07) is 5.46. The largest absolute Gasteiger partial charge is 0.414 e. The zero-order valence-electron chi connectivity index (χ0n) is 14.0. The van der Waals surface area contributed by atoms with Crippen molar-refractivity contribution in [2.24, 2.45) is 0 Å². The van der Waals surface area contributed by atoms with Crippen molar-refractivity contribution in [3.8, 4) is 5.75 Å². The van der Waals surface area contributed by atoms with Crippen LogP contribution in [0, 0.1) is 0 Å². The summed E-state index contributed by atoms with van der Waals surface area (Å²) in [5.41, 5.74) is 2.69. The normalized spacial score (nSPS) is 13.0. The lowest BCUT2D eigenvalue weighted by atomic mass is 9.99. The fraction of sp³-hybridized carbons (Fsp3) is 0.412. The number of ether oxygens (including phenoxy) is 1. The van der Waals surface area contributed by atoms with Crippen molar-refractivity contribution in [3.05, 3.63) is 35.5 Å². The molecule has 1 heterocycles. The first kappa shape index (κ1) is 16.9. The average Bonchev–Trinajstić information content (AvgIpc) is 2.52. The third-order valence-corrected chi connectivity index (χ3v) is 3.56. The number of rotatable bonds is 4. The lowest BCUT2D eigenvalue weighted by molar-refractivity contribution is -0.117. The maximum Gasteiger partial charge on any atom is 0.414 e. The van der Waals surface area contributed by atoms with E-state index in [1.165, 1.54) is 4.90 Å². The van der Waals surface area contributed by atoms with E-state index in [1.807, 2.05) is 37.2 Å². The number of hydrogen-bond donors (Lipinski definition) is 1. The van der Waals surface area contributed by atoms with E-state index in [-0.39, 0.29) is 5.91 Å². The summed E-state index contributed by atoms with van der Waals surface area (Å²) in [7, 11) is 5.15. The number of nitrogens with zero attached hydrogens (tertiary/aromatic N) is 2. The van der Waals surface area contributed by atoms with Crippen LogP contribution in [0.4, 0.5) is 10.5 Å². The van der Waals surface area contributed by atoms with Crippen molar-refractivity contribution >= 4 is 17.7 Å². The SMILES string of the molecule is CCCNC(=O)C1=CN(C)c2cc(OC(=O)N(C)C)ccc2C1. The first-order valence-corrected chi connectivity index (χ1v) is 7.66. The van der Waals surface area contributed by atoms with Crippen molar-refractivity contribution in [2.75, 3.05) is 32.6 Å². The molecule has 2 amide bonds. The number of carbonyl (C=O) groups excluding carboxylic acids is 2. The Kier molecular flexibility index (Phi) is 5.26. The molecule has 1 aliphatic heterocycles. The van der Waals surface area contributed by atoms with Gasteiger partial charge in [0.15, 0.2) is 0 Å². The highest BCUT2D eigenvalue weighted by molar-refractivity contribution is 5.95. The third kappa shape index (κ3) is 4.03. The number of nitrogens with one attached hydrogen (secondary N) is 1. The summed E-state index contributed by atoms with van der Waals surface area (Å²) in [6.45, 7) is 2.69. The molecule has 0 unspecified atom stereocenters. The quantitative estimate of drug-likeness (QED) is 0.924. The Balaban J connectivity index is 2.16. The molecule has 6 nitrogen and oxygen atoms in total. The summed E-state index contributed by atoms with van der Waals surface area (Å²) in [6.07, 6.45) is 2.88. The topological polar surface area (TPSA) is 61.9 Å². The second kappa shape index (κ2) is 7.17. The summed E-state index contributed by atoms with van der Waals surface area (Å²) in [5, 5.41) is 2.89. The molecule has 124 valence electrons. The predicted molar refractivity (Wildman–Crippen MR) is 89.6 cm³/mol. The van der Waals surface area contributed by atoms with Gasteiger partial charge in [0.2, 0.25) is 5.91 Å². The minimum absolute atomic E-state index is 0.0348. The molecule has 0 aliphatic carbocycles. The van der Waals surface area contributed by atoms with Crippen LogP contribution in [-0.2, 0) is 11.2 Å². The molecule has 0 aromatic heterocycles. The van der Waals surface area contributed by atoms with Crippen LogP contribution in [0.5, 0.6) is 5.75 Å². The zero-order valence-corrected chi connectivity index (χ0v) is 14.0. The molecular weight excluding hydrogens is 294 g/mol. The van der Waals surface area contributed by atoms with Crippen molar-refractivity contribution in [2.45, 2.75) is 19.8 Å². The van der Waals surface area contributed by atoms with Gasteiger partial charge in [0.05, 0.1) is 0 Å². The molecule has 0 radical (unpaired) electrons. The molecule has 0 fully saturated rings. The smallest absolute Gasteiger partial charge is 0.410 e. The van der Waals surface area contributed by atoms with Crippen LogP contribution in [0.2, 0.25) is 0 Å². The molecule has 1 aliphatic rings. The number of hydrogen-bond acceptors (Lipinski definition) is 4. The fourth-order valence-electron chi connectivity index (χ4n) is 2.32. The summed E-state index contributed by atoms with van der Waals surface area (Å²) < 4.78 is 5.28. The van der Waals surface area contributed by atoms with E-state index in [0.717, 1.165) is 23.2 Å². The highest BCUT2D eigenvalue weighted by Crippen LogP contribution is 2.31. The predicted octanol–water partition coefficient (Wildman–Crippen LogP) is 2.15. The van der Waals surface area contributed by atoms with Gasteiger partial charge in [-0.3, -0.25) is 4.79 Å².